The van der Waals surface area contributed by atoms with E-state index in [0.29, 0.717) is 23.1 Å². The zero-order valence-electron chi connectivity index (χ0n) is 7.27. The molecule has 0 aliphatic heterocycles. The van der Waals surface area contributed by atoms with Crippen LogP contribution in [0.2, 0.25) is 0 Å². The third-order valence-corrected chi connectivity index (χ3v) is 1.96. The zero-order valence-corrected chi connectivity index (χ0v) is 7.27. The van der Waals surface area contributed by atoms with Gasteiger partial charge in [-0.15, -0.1) is 0 Å². The lowest BCUT2D eigenvalue weighted by Gasteiger charge is -1.97. The molecule has 0 bridgehead atoms. The average molecular weight is 182 g/mol. The molecule has 66 valence electrons. The van der Waals surface area contributed by atoms with Crippen molar-refractivity contribution in [2.75, 3.05) is 0 Å². The minimum absolute atomic E-state index is 0.382. The molecule has 1 heterocycles. The molecule has 2 aromatic rings. The van der Waals surface area contributed by atoms with Crippen molar-refractivity contribution in [1.29, 1.82) is 5.26 Å². The van der Waals surface area contributed by atoms with E-state index >= 15 is 0 Å². The molecule has 0 N–H and O–H groups in total. The van der Waals surface area contributed by atoms with E-state index in [4.69, 9.17) is 5.26 Å². The highest BCUT2D eigenvalue weighted by Gasteiger charge is 1.98. The maximum Gasteiger partial charge on any atom is 0.168 e. The molecule has 0 aliphatic rings. The first kappa shape index (κ1) is 8.39. The van der Waals surface area contributed by atoms with Crippen LogP contribution in [-0.4, -0.2) is 11.3 Å². The van der Waals surface area contributed by atoms with Gasteiger partial charge in [0.1, 0.15) is 5.69 Å². The van der Waals surface area contributed by atoms with Crippen LogP contribution in [0.3, 0.4) is 0 Å². The van der Waals surface area contributed by atoms with E-state index in [-0.39, 0.29) is 0 Å². The Morgan fingerprint density at radius 1 is 1.29 bits per heavy atom. The van der Waals surface area contributed by atoms with E-state index in [1.165, 1.54) is 0 Å². The predicted molar refractivity (Wildman–Crippen MR) is 51.8 cm³/mol. The molecule has 0 saturated heterocycles. The lowest BCUT2D eigenvalue weighted by atomic mass is 10.1. The van der Waals surface area contributed by atoms with Crippen LogP contribution in [0.25, 0.3) is 10.9 Å². The summed E-state index contributed by atoms with van der Waals surface area (Å²) in [5.41, 5.74) is 1.61. The van der Waals surface area contributed by atoms with Crippen molar-refractivity contribution in [2.24, 2.45) is 0 Å². The molecular formula is C11H6N2O. The van der Waals surface area contributed by atoms with Crippen LogP contribution >= 0.6 is 0 Å². The molecule has 0 spiro atoms. The highest BCUT2D eigenvalue weighted by atomic mass is 16.1. The van der Waals surface area contributed by atoms with Gasteiger partial charge in [-0.05, 0) is 18.2 Å². The highest BCUT2D eigenvalue weighted by Crippen LogP contribution is 2.13. The zero-order chi connectivity index (χ0) is 9.97. The molecule has 0 atom stereocenters. The maximum atomic E-state index is 10.5. The van der Waals surface area contributed by atoms with Gasteiger partial charge in [0.2, 0.25) is 0 Å². The molecule has 1 aromatic heterocycles. The fraction of sp³-hybridized carbons (Fsp3) is 0. The Hall–Kier alpha value is -2.21. The van der Waals surface area contributed by atoms with E-state index in [1.54, 1.807) is 18.2 Å². The van der Waals surface area contributed by atoms with Crippen molar-refractivity contribution in [2.45, 2.75) is 0 Å². The summed E-state index contributed by atoms with van der Waals surface area (Å²) < 4.78 is 0. The molecular weight excluding hydrogens is 176 g/mol. The molecule has 3 nitrogen and oxygen atoms in total. The van der Waals surface area contributed by atoms with E-state index in [2.05, 4.69) is 4.98 Å². The Morgan fingerprint density at radius 2 is 2.07 bits per heavy atom. The van der Waals surface area contributed by atoms with Crippen molar-refractivity contribution in [3.05, 3.63) is 41.6 Å². The highest BCUT2D eigenvalue weighted by molar-refractivity contribution is 5.84. The van der Waals surface area contributed by atoms with E-state index < -0.39 is 0 Å². The van der Waals surface area contributed by atoms with Gasteiger partial charge in [0.15, 0.2) is 6.29 Å². The summed E-state index contributed by atoms with van der Waals surface area (Å²) in [4.78, 5) is 14.6. The lowest BCUT2D eigenvalue weighted by molar-refractivity contribution is 0.111. The smallest absolute Gasteiger partial charge is 0.168 e. The van der Waals surface area contributed by atoms with Gasteiger partial charge in [0, 0.05) is 5.39 Å². The Morgan fingerprint density at radius 3 is 2.79 bits per heavy atom. The number of rotatable bonds is 1. The van der Waals surface area contributed by atoms with Gasteiger partial charge in [-0.2, -0.15) is 5.26 Å². The Labute approximate surface area is 80.6 Å². The Balaban J connectivity index is 2.73. The fourth-order valence-electron chi connectivity index (χ4n) is 1.27. The topological polar surface area (TPSA) is 53.8 Å². The Bertz CT molecular complexity index is 540. The molecule has 1 aromatic carbocycles. The number of fused-ring (bicyclic) bond motifs is 1. The number of nitrogens with zero attached hydrogens (tertiary/aromatic N) is 2. The van der Waals surface area contributed by atoms with Gasteiger partial charge in [-0.1, -0.05) is 12.1 Å². The van der Waals surface area contributed by atoms with Crippen molar-refractivity contribution in [3.63, 3.8) is 0 Å². The normalized spacial score (nSPS) is 9.64. The number of carbonyl (C=O) groups is 1. The Kier molecular flexibility index (Phi) is 1.96. The van der Waals surface area contributed by atoms with E-state index in [0.717, 1.165) is 5.39 Å². The van der Waals surface area contributed by atoms with Crippen LogP contribution in [-0.2, 0) is 0 Å². The van der Waals surface area contributed by atoms with Crippen LogP contribution in [0.15, 0.2) is 30.3 Å². The summed E-state index contributed by atoms with van der Waals surface area (Å²) in [6.45, 7) is 0. The first-order valence-corrected chi connectivity index (χ1v) is 4.09. The number of hydrogen-bond donors (Lipinski definition) is 0. The molecule has 3 heteroatoms. The van der Waals surface area contributed by atoms with Crippen molar-refractivity contribution in [3.8, 4) is 6.07 Å². The largest absolute Gasteiger partial charge is 0.296 e. The summed E-state index contributed by atoms with van der Waals surface area (Å²) in [5, 5.41) is 9.60. The third-order valence-electron chi connectivity index (χ3n) is 1.96. The molecule has 0 saturated carbocycles. The second-order valence-electron chi connectivity index (χ2n) is 2.87. The van der Waals surface area contributed by atoms with Crippen LogP contribution < -0.4 is 0 Å². The molecule has 0 unspecified atom stereocenters. The number of aromatic nitrogens is 1. The van der Waals surface area contributed by atoms with Crippen LogP contribution in [0.4, 0.5) is 0 Å². The molecule has 0 aliphatic carbocycles. The number of aldehydes is 1. The van der Waals surface area contributed by atoms with Crippen LogP contribution in [0, 0.1) is 11.3 Å². The average Bonchev–Trinajstić information content (AvgIpc) is 2.27. The van der Waals surface area contributed by atoms with Gasteiger partial charge in [0.25, 0.3) is 0 Å². The first-order valence-electron chi connectivity index (χ1n) is 4.09. The van der Waals surface area contributed by atoms with Crippen LogP contribution in [0.1, 0.15) is 16.1 Å². The summed E-state index contributed by atoms with van der Waals surface area (Å²) >= 11 is 0. The molecule has 0 amide bonds. The van der Waals surface area contributed by atoms with Gasteiger partial charge in [-0.3, -0.25) is 4.79 Å². The summed E-state index contributed by atoms with van der Waals surface area (Å²) in [6, 6.07) is 10.7. The standard InChI is InChI=1S/C11H6N2O/c12-6-8-1-2-9-3-4-10(7-14)13-11(9)5-8/h1-5,7H. The van der Waals surface area contributed by atoms with Gasteiger partial charge < -0.3 is 0 Å². The molecule has 14 heavy (non-hydrogen) atoms. The number of hydrogen-bond acceptors (Lipinski definition) is 3. The van der Waals surface area contributed by atoms with Gasteiger partial charge in [0.05, 0.1) is 17.1 Å². The van der Waals surface area contributed by atoms with E-state index in [9.17, 15) is 4.79 Å². The predicted octanol–water partition coefficient (Wildman–Crippen LogP) is 1.92. The van der Waals surface area contributed by atoms with Crippen molar-refractivity contribution in [1.82, 2.24) is 4.98 Å². The second kappa shape index (κ2) is 3.27. The SMILES string of the molecule is N#Cc1ccc2ccc(C=O)nc2c1. The van der Waals surface area contributed by atoms with Crippen LogP contribution in [0.5, 0.6) is 0 Å². The minimum atomic E-state index is 0.382. The summed E-state index contributed by atoms with van der Waals surface area (Å²) in [6.07, 6.45) is 0.693. The molecule has 0 fully saturated rings. The van der Waals surface area contributed by atoms with Gasteiger partial charge in [-0.25, -0.2) is 4.98 Å². The third kappa shape index (κ3) is 1.34. The number of benzene rings is 1. The summed E-state index contributed by atoms with van der Waals surface area (Å²) in [7, 11) is 0. The van der Waals surface area contributed by atoms with Crippen molar-refractivity contribution < 1.29 is 4.79 Å². The minimum Gasteiger partial charge on any atom is -0.296 e. The number of pyridine rings is 1. The molecule has 2 rings (SSSR count). The van der Waals surface area contributed by atoms with Crippen molar-refractivity contribution >= 4 is 17.2 Å². The van der Waals surface area contributed by atoms with Gasteiger partial charge >= 0.3 is 0 Å². The maximum absolute atomic E-state index is 10.5. The molecule has 0 radical (unpaired) electrons. The second-order valence-corrected chi connectivity index (χ2v) is 2.87. The first-order chi connectivity index (χ1) is 6.83. The monoisotopic (exact) mass is 182 g/mol. The lowest BCUT2D eigenvalue weighted by Crippen LogP contribution is -1.87. The summed E-state index contributed by atoms with van der Waals surface area (Å²) in [5.74, 6) is 0. The fourth-order valence-corrected chi connectivity index (χ4v) is 1.27. The van der Waals surface area contributed by atoms with E-state index in [1.807, 2.05) is 18.2 Å². The number of nitriles is 1. The number of carbonyl (C=O) groups excluding carboxylic acids is 1. The quantitative estimate of drug-likeness (QED) is 0.633.